The van der Waals surface area contributed by atoms with Crippen molar-refractivity contribution in [3.05, 3.63) is 134 Å². The van der Waals surface area contributed by atoms with Gasteiger partial charge in [0.2, 0.25) is 0 Å². The molecule has 0 saturated heterocycles. The van der Waals surface area contributed by atoms with Gasteiger partial charge in [-0.05, 0) is 55.3 Å². The standard InChI is InChI=1S/C30H32N2/c1-4-6-7-9-16-26(5-2)17-14-23-31-24-15-22-29-25(3)28-20-12-13-21-30(28)32(29)27-18-10-8-11-19-27/h4-16,18-23,26,31H,1-2,17,24H2,3H3/b7-6-,16-9+,22-15-,23-14+. The summed E-state index contributed by atoms with van der Waals surface area (Å²) < 4.78 is 2.33. The largest absolute Gasteiger partial charge is 0.388 e. The van der Waals surface area contributed by atoms with Crippen molar-refractivity contribution in [1.82, 2.24) is 9.88 Å². The molecule has 2 nitrogen and oxygen atoms in total. The van der Waals surface area contributed by atoms with Crippen LogP contribution < -0.4 is 5.32 Å². The van der Waals surface area contributed by atoms with Gasteiger partial charge in [0, 0.05) is 23.3 Å². The van der Waals surface area contributed by atoms with Crippen molar-refractivity contribution in [2.24, 2.45) is 5.92 Å². The molecule has 32 heavy (non-hydrogen) atoms. The van der Waals surface area contributed by atoms with Crippen LogP contribution in [0.5, 0.6) is 0 Å². The van der Waals surface area contributed by atoms with Crippen molar-refractivity contribution in [2.45, 2.75) is 13.3 Å². The van der Waals surface area contributed by atoms with Crippen LogP contribution >= 0.6 is 0 Å². The molecular weight excluding hydrogens is 388 g/mol. The van der Waals surface area contributed by atoms with Gasteiger partial charge in [-0.1, -0.05) is 91.6 Å². The van der Waals surface area contributed by atoms with E-state index in [-0.39, 0.29) is 0 Å². The molecule has 2 aromatic carbocycles. The molecule has 162 valence electrons. The Balaban J connectivity index is 1.65. The minimum absolute atomic E-state index is 0.322. The molecule has 0 radical (unpaired) electrons. The minimum atomic E-state index is 0.322. The summed E-state index contributed by atoms with van der Waals surface area (Å²) in [6.07, 6.45) is 21.3. The highest BCUT2D eigenvalue weighted by molar-refractivity contribution is 5.89. The van der Waals surface area contributed by atoms with E-state index in [2.05, 4.69) is 109 Å². The Labute approximate surface area is 192 Å². The minimum Gasteiger partial charge on any atom is -0.388 e. The van der Waals surface area contributed by atoms with Crippen LogP contribution in [0.3, 0.4) is 0 Å². The predicted octanol–water partition coefficient (Wildman–Crippen LogP) is 7.55. The molecule has 3 rings (SSSR count). The number of rotatable bonds is 11. The maximum Gasteiger partial charge on any atom is 0.0537 e. The first kappa shape index (κ1) is 22.9. The maximum atomic E-state index is 3.92. The van der Waals surface area contributed by atoms with Crippen LogP contribution in [0, 0.1) is 12.8 Å². The summed E-state index contributed by atoms with van der Waals surface area (Å²) >= 11 is 0. The van der Waals surface area contributed by atoms with Crippen molar-refractivity contribution < 1.29 is 0 Å². The number of nitrogens with one attached hydrogen (secondary N) is 1. The maximum absolute atomic E-state index is 3.92. The Morgan fingerprint density at radius 2 is 1.72 bits per heavy atom. The van der Waals surface area contributed by atoms with Crippen molar-refractivity contribution in [3.63, 3.8) is 0 Å². The molecule has 0 saturated carbocycles. The fourth-order valence-corrected chi connectivity index (χ4v) is 3.69. The molecular formula is C30H32N2. The molecule has 1 heterocycles. The predicted molar refractivity (Wildman–Crippen MR) is 141 cm³/mol. The molecule has 0 bridgehead atoms. The normalized spacial score (nSPS) is 13.0. The Morgan fingerprint density at radius 3 is 2.50 bits per heavy atom. The van der Waals surface area contributed by atoms with Crippen LogP contribution in [-0.4, -0.2) is 11.1 Å². The van der Waals surface area contributed by atoms with Crippen LogP contribution in [0.4, 0.5) is 0 Å². The van der Waals surface area contributed by atoms with Gasteiger partial charge in [-0.2, -0.15) is 0 Å². The van der Waals surface area contributed by atoms with Gasteiger partial charge in [-0.25, -0.2) is 0 Å². The highest BCUT2D eigenvalue weighted by Crippen LogP contribution is 2.29. The molecule has 0 spiro atoms. The lowest BCUT2D eigenvalue weighted by molar-refractivity contribution is 0.825. The second-order valence-corrected chi connectivity index (χ2v) is 7.55. The van der Waals surface area contributed by atoms with Crippen LogP contribution in [-0.2, 0) is 0 Å². The van der Waals surface area contributed by atoms with Crippen molar-refractivity contribution in [3.8, 4) is 5.69 Å². The lowest BCUT2D eigenvalue weighted by Crippen LogP contribution is -2.04. The van der Waals surface area contributed by atoms with Gasteiger partial charge in [0.1, 0.15) is 0 Å². The van der Waals surface area contributed by atoms with E-state index >= 15 is 0 Å². The van der Waals surface area contributed by atoms with Gasteiger partial charge in [0.05, 0.1) is 5.52 Å². The lowest BCUT2D eigenvalue weighted by atomic mass is 10.1. The van der Waals surface area contributed by atoms with E-state index in [1.54, 1.807) is 6.08 Å². The highest BCUT2D eigenvalue weighted by atomic mass is 15.0. The molecule has 3 aromatic rings. The number of hydrogen-bond acceptors (Lipinski definition) is 1. The van der Waals surface area contributed by atoms with Gasteiger partial charge >= 0.3 is 0 Å². The van der Waals surface area contributed by atoms with Crippen molar-refractivity contribution in [2.75, 3.05) is 6.54 Å². The summed E-state index contributed by atoms with van der Waals surface area (Å²) in [4.78, 5) is 0. The molecule has 0 fully saturated rings. The Kier molecular flexibility index (Phi) is 8.70. The van der Waals surface area contributed by atoms with Gasteiger partial charge in [0.15, 0.2) is 0 Å². The first-order chi connectivity index (χ1) is 15.8. The molecule has 1 N–H and O–H groups in total. The quantitative estimate of drug-likeness (QED) is 0.192. The van der Waals surface area contributed by atoms with Gasteiger partial charge in [-0.3, -0.25) is 0 Å². The number of aromatic nitrogens is 1. The smallest absolute Gasteiger partial charge is 0.0537 e. The van der Waals surface area contributed by atoms with E-state index in [1.807, 2.05) is 30.5 Å². The summed E-state index contributed by atoms with van der Waals surface area (Å²) in [5.74, 6) is 0.322. The third-order valence-corrected chi connectivity index (χ3v) is 5.36. The summed E-state index contributed by atoms with van der Waals surface area (Å²) in [7, 11) is 0. The zero-order valence-electron chi connectivity index (χ0n) is 18.8. The zero-order valence-corrected chi connectivity index (χ0v) is 18.8. The molecule has 0 aliphatic heterocycles. The SMILES string of the molecule is C=C/C=C\C=C\C(C=C)C/C=C/NC/C=C\c1c(C)c2ccccc2n1-c1ccccc1. The topological polar surface area (TPSA) is 17.0 Å². The zero-order chi connectivity index (χ0) is 22.6. The summed E-state index contributed by atoms with van der Waals surface area (Å²) in [5, 5.41) is 4.65. The second kappa shape index (κ2) is 12.2. The molecule has 1 unspecified atom stereocenters. The van der Waals surface area contributed by atoms with E-state index in [4.69, 9.17) is 0 Å². The molecule has 0 amide bonds. The van der Waals surface area contributed by atoms with E-state index in [0.717, 1.165) is 13.0 Å². The molecule has 1 atom stereocenters. The van der Waals surface area contributed by atoms with Gasteiger partial charge in [-0.15, -0.1) is 6.58 Å². The van der Waals surface area contributed by atoms with E-state index in [0.29, 0.717) is 5.92 Å². The van der Waals surface area contributed by atoms with Crippen LogP contribution in [0.25, 0.3) is 22.7 Å². The van der Waals surface area contributed by atoms with Crippen molar-refractivity contribution in [1.29, 1.82) is 0 Å². The molecule has 2 heteroatoms. The fraction of sp³-hybridized carbons (Fsp3) is 0.133. The van der Waals surface area contributed by atoms with Gasteiger partial charge in [0.25, 0.3) is 0 Å². The Morgan fingerprint density at radius 1 is 0.938 bits per heavy atom. The monoisotopic (exact) mass is 420 g/mol. The first-order valence-corrected chi connectivity index (χ1v) is 11.0. The number of para-hydroxylation sites is 2. The third-order valence-electron chi connectivity index (χ3n) is 5.36. The summed E-state index contributed by atoms with van der Waals surface area (Å²) in [6.45, 7) is 10.6. The highest BCUT2D eigenvalue weighted by Gasteiger charge is 2.12. The first-order valence-electron chi connectivity index (χ1n) is 11.0. The molecule has 0 aliphatic carbocycles. The number of hydrogen-bond donors (Lipinski definition) is 1. The van der Waals surface area contributed by atoms with Crippen LogP contribution in [0.2, 0.25) is 0 Å². The molecule has 1 aromatic heterocycles. The second-order valence-electron chi connectivity index (χ2n) is 7.55. The van der Waals surface area contributed by atoms with Crippen molar-refractivity contribution >= 4 is 17.0 Å². The number of allylic oxidation sites excluding steroid dienone is 7. The van der Waals surface area contributed by atoms with E-state index in [1.165, 1.54) is 27.8 Å². The Hall–Kier alpha value is -3.78. The third kappa shape index (κ3) is 5.89. The number of benzene rings is 2. The summed E-state index contributed by atoms with van der Waals surface area (Å²) in [6, 6.07) is 19.1. The Bertz CT molecular complexity index is 1140. The average molecular weight is 421 g/mol. The molecule has 0 aliphatic rings. The van der Waals surface area contributed by atoms with Crippen LogP contribution in [0.15, 0.2) is 123 Å². The number of fused-ring (bicyclic) bond motifs is 1. The average Bonchev–Trinajstić information content (AvgIpc) is 3.12. The number of aryl methyl sites for hydroxylation is 1. The summed E-state index contributed by atoms with van der Waals surface area (Å²) in [5.41, 5.74) is 4.92. The number of nitrogens with zero attached hydrogens (tertiary/aromatic N) is 1. The van der Waals surface area contributed by atoms with E-state index < -0.39 is 0 Å². The lowest BCUT2D eigenvalue weighted by Gasteiger charge is -2.09. The van der Waals surface area contributed by atoms with Gasteiger partial charge < -0.3 is 9.88 Å². The van der Waals surface area contributed by atoms with E-state index in [9.17, 15) is 0 Å². The fourth-order valence-electron chi connectivity index (χ4n) is 3.69. The van der Waals surface area contributed by atoms with Crippen LogP contribution in [0.1, 0.15) is 17.7 Å².